The van der Waals surface area contributed by atoms with Crippen LogP contribution in [-0.2, 0) is 10.0 Å². The van der Waals surface area contributed by atoms with E-state index in [1.807, 2.05) is 6.92 Å². The molecule has 0 spiro atoms. The highest BCUT2D eigenvalue weighted by Gasteiger charge is 2.17. The van der Waals surface area contributed by atoms with Gasteiger partial charge >= 0.3 is 0 Å². The summed E-state index contributed by atoms with van der Waals surface area (Å²) in [5, 5.41) is 2.93. The van der Waals surface area contributed by atoms with Gasteiger partial charge in [-0.2, -0.15) is 0 Å². The number of benzene rings is 1. The molecular formula is C13H15FN4O2S. The van der Waals surface area contributed by atoms with E-state index in [0.717, 1.165) is 6.42 Å². The molecule has 6 nitrogen and oxygen atoms in total. The summed E-state index contributed by atoms with van der Waals surface area (Å²) in [4.78, 5) is 7.69. The van der Waals surface area contributed by atoms with E-state index in [9.17, 15) is 12.8 Å². The zero-order valence-electron chi connectivity index (χ0n) is 11.4. The molecule has 8 heteroatoms. The number of hydrogen-bond donors (Lipinski definition) is 2. The summed E-state index contributed by atoms with van der Waals surface area (Å²) in [7, 11) is -3.92. The standard InChI is InChI=1S/C13H15FN4O2S/c1-2-7-15-13-16-8-10(9-17-13)21(19,20)18-12-6-4-3-5-11(12)14/h3-6,8-9,18H,2,7H2,1H3,(H,15,16,17). The third kappa shape index (κ3) is 3.88. The van der Waals surface area contributed by atoms with Gasteiger partial charge in [0.05, 0.1) is 18.1 Å². The summed E-state index contributed by atoms with van der Waals surface area (Å²) in [5.74, 6) is -0.301. The monoisotopic (exact) mass is 310 g/mol. The third-order valence-corrected chi connectivity index (χ3v) is 3.91. The van der Waals surface area contributed by atoms with Gasteiger partial charge in [-0.25, -0.2) is 22.8 Å². The number of nitrogens with zero attached hydrogens (tertiary/aromatic N) is 2. The zero-order valence-corrected chi connectivity index (χ0v) is 12.2. The highest BCUT2D eigenvalue weighted by atomic mass is 32.2. The van der Waals surface area contributed by atoms with Gasteiger partial charge in [-0.15, -0.1) is 0 Å². The minimum absolute atomic E-state index is 0.120. The van der Waals surface area contributed by atoms with Crippen molar-refractivity contribution >= 4 is 21.7 Å². The Labute approximate surface area is 122 Å². The highest BCUT2D eigenvalue weighted by Crippen LogP contribution is 2.18. The van der Waals surface area contributed by atoms with E-state index in [1.165, 1.54) is 36.7 Å². The predicted octanol–water partition coefficient (Wildman–Crippen LogP) is 2.24. The fourth-order valence-corrected chi connectivity index (χ4v) is 2.49. The van der Waals surface area contributed by atoms with Gasteiger partial charge < -0.3 is 5.32 Å². The molecule has 1 heterocycles. The van der Waals surface area contributed by atoms with Crippen molar-refractivity contribution in [3.05, 3.63) is 42.5 Å². The van der Waals surface area contributed by atoms with Crippen molar-refractivity contribution in [1.29, 1.82) is 0 Å². The van der Waals surface area contributed by atoms with Crippen molar-refractivity contribution in [3.8, 4) is 0 Å². The van der Waals surface area contributed by atoms with E-state index >= 15 is 0 Å². The summed E-state index contributed by atoms with van der Waals surface area (Å²) in [5.41, 5.74) is -0.120. The van der Waals surface area contributed by atoms with Crippen LogP contribution in [0.25, 0.3) is 0 Å². The number of hydrogen-bond acceptors (Lipinski definition) is 5. The molecule has 1 aromatic heterocycles. The number of nitrogens with one attached hydrogen (secondary N) is 2. The van der Waals surface area contributed by atoms with Gasteiger partial charge in [0, 0.05) is 6.54 Å². The molecule has 0 aliphatic heterocycles. The Bertz CT molecular complexity index is 704. The minimum atomic E-state index is -3.92. The fraction of sp³-hybridized carbons (Fsp3) is 0.231. The molecule has 21 heavy (non-hydrogen) atoms. The summed E-state index contributed by atoms with van der Waals surface area (Å²) >= 11 is 0. The van der Waals surface area contributed by atoms with Crippen LogP contribution < -0.4 is 10.0 Å². The summed E-state index contributed by atoms with van der Waals surface area (Å²) in [6.07, 6.45) is 3.25. The first kappa shape index (κ1) is 15.2. The predicted molar refractivity (Wildman–Crippen MR) is 78.0 cm³/mol. The number of halogens is 1. The Morgan fingerprint density at radius 3 is 2.48 bits per heavy atom. The molecule has 0 bridgehead atoms. The number of para-hydroxylation sites is 1. The van der Waals surface area contributed by atoms with Crippen LogP contribution in [0.15, 0.2) is 41.6 Å². The van der Waals surface area contributed by atoms with Crippen molar-refractivity contribution in [1.82, 2.24) is 9.97 Å². The smallest absolute Gasteiger partial charge is 0.265 e. The molecular weight excluding hydrogens is 295 g/mol. The Morgan fingerprint density at radius 1 is 1.19 bits per heavy atom. The molecule has 2 rings (SSSR count). The van der Waals surface area contributed by atoms with E-state index in [1.54, 1.807) is 0 Å². The molecule has 112 valence electrons. The molecule has 0 saturated heterocycles. The van der Waals surface area contributed by atoms with Crippen molar-refractivity contribution in [2.24, 2.45) is 0 Å². The summed E-state index contributed by atoms with van der Waals surface area (Å²) in [6.45, 7) is 2.68. The molecule has 0 unspecified atom stereocenters. The first-order chi connectivity index (χ1) is 10.0. The first-order valence-corrected chi connectivity index (χ1v) is 7.84. The van der Waals surface area contributed by atoms with Gasteiger partial charge in [-0.3, -0.25) is 4.72 Å². The molecule has 0 atom stereocenters. The topological polar surface area (TPSA) is 84.0 Å². The molecule has 0 amide bonds. The quantitative estimate of drug-likeness (QED) is 0.855. The Morgan fingerprint density at radius 2 is 1.86 bits per heavy atom. The van der Waals surface area contributed by atoms with E-state index < -0.39 is 15.8 Å². The van der Waals surface area contributed by atoms with Crippen LogP contribution in [0.5, 0.6) is 0 Å². The Hall–Kier alpha value is -2.22. The number of aromatic nitrogens is 2. The normalized spacial score (nSPS) is 11.1. The highest BCUT2D eigenvalue weighted by molar-refractivity contribution is 7.92. The zero-order chi connectivity index (χ0) is 15.3. The molecule has 0 saturated carbocycles. The lowest BCUT2D eigenvalue weighted by Crippen LogP contribution is -2.15. The maximum absolute atomic E-state index is 13.5. The lowest BCUT2D eigenvalue weighted by Gasteiger charge is -2.09. The van der Waals surface area contributed by atoms with Gasteiger partial charge in [-0.05, 0) is 18.6 Å². The van der Waals surface area contributed by atoms with Crippen molar-refractivity contribution in [2.45, 2.75) is 18.2 Å². The number of rotatable bonds is 6. The molecule has 0 aliphatic rings. The van der Waals surface area contributed by atoms with Crippen LogP contribution in [0.1, 0.15) is 13.3 Å². The number of anilines is 2. The van der Waals surface area contributed by atoms with Gasteiger partial charge in [-0.1, -0.05) is 19.1 Å². The lowest BCUT2D eigenvalue weighted by atomic mass is 10.3. The first-order valence-electron chi connectivity index (χ1n) is 6.36. The molecule has 2 N–H and O–H groups in total. The van der Waals surface area contributed by atoms with Crippen molar-refractivity contribution in [2.75, 3.05) is 16.6 Å². The van der Waals surface area contributed by atoms with Crippen LogP contribution in [0.4, 0.5) is 16.0 Å². The average Bonchev–Trinajstić information content (AvgIpc) is 2.48. The van der Waals surface area contributed by atoms with Gasteiger partial charge in [0.15, 0.2) is 0 Å². The Balaban J connectivity index is 2.18. The van der Waals surface area contributed by atoms with Crippen LogP contribution in [0.3, 0.4) is 0 Å². The molecule has 0 radical (unpaired) electrons. The lowest BCUT2D eigenvalue weighted by molar-refractivity contribution is 0.597. The van der Waals surface area contributed by atoms with Crippen LogP contribution in [-0.4, -0.2) is 24.9 Å². The van der Waals surface area contributed by atoms with Crippen molar-refractivity contribution < 1.29 is 12.8 Å². The summed E-state index contributed by atoms with van der Waals surface area (Å²) < 4.78 is 39.8. The van der Waals surface area contributed by atoms with Gasteiger partial charge in [0.2, 0.25) is 5.95 Å². The van der Waals surface area contributed by atoms with Crippen LogP contribution in [0.2, 0.25) is 0 Å². The second-order valence-corrected chi connectivity index (χ2v) is 5.94. The second kappa shape index (κ2) is 6.49. The van der Waals surface area contributed by atoms with E-state index in [-0.39, 0.29) is 10.6 Å². The van der Waals surface area contributed by atoms with E-state index in [2.05, 4.69) is 20.0 Å². The summed E-state index contributed by atoms with van der Waals surface area (Å²) in [6, 6.07) is 5.52. The maximum atomic E-state index is 13.5. The van der Waals surface area contributed by atoms with Crippen LogP contribution in [0, 0.1) is 5.82 Å². The average molecular weight is 310 g/mol. The second-order valence-electron chi connectivity index (χ2n) is 4.25. The third-order valence-electron chi connectivity index (χ3n) is 2.59. The molecule has 0 aliphatic carbocycles. The van der Waals surface area contributed by atoms with Gasteiger partial charge in [0.1, 0.15) is 10.7 Å². The van der Waals surface area contributed by atoms with E-state index in [0.29, 0.717) is 12.5 Å². The molecule has 1 aromatic carbocycles. The van der Waals surface area contributed by atoms with E-state index in [4.69, 9.17) is 0 Å². The minimum Gasteiger partial charge on any atom is -0.354 e. The maximum Gasteiger partial charge on any atom is 0.265 e. The van der Waals surface area contributed by atoms with Crippen molar-refractivity contribution in [3.63, 3.8) is 0 Å². The molecule has 2 aromatic rings. The Kier molecular flexibility index (Phi) is 4.69. The largest absolute Gasteiger partial charge is 0.354 e. The molecule has 0 fully saturated rings. The van der Waals surface area contributed by atoms with Crippen LogP contribution >= 0.6 is 0 Å². The SMILES string of the molecule is CCCNc1ncc(S(=O)(=O)Nc2ccccc2F)cn1. The fourth-order valence-electron chi connectivity index (χ4n) is 1.53. The number of sulfonamides is 1. The van der Waals surface area contributed by atoms with Gasteiger partial charge in [0.25, 0.3) is 10.0 Å².